The average molecular weight is 165 g/mol. The van der Waals surface area contributed by atoms with Gasteiger partial charge in [-0.1, -0.05) is 0 Å². The van der Waals surface area contributed by atoms with Crippen LogP contribution in [0.15, 0.2) is 18.5 Å². The molecule has 0 radical (unpaired) electrons. The molecule has 0 aliphatic heterocycles. The third-order valence-electron chi connectivity index (χ3n) is 1.75. The van der Waals surface area contributed by atoms with Gasteiger partial charge in [0.2, 0.25) is 0 Å². The first-order valence-electron chi connectivity index (χ1n) is 4.04. The van der Waals surface area contributed by atoms with E-state index in [0.717, 1.165) is 24.3 Å². The van der Waals surface area contributed by atoms with Gasteiger partial charge in [-0.2, -0.15) is 0 Å². The normalized spacial score (nSPS) is 15.8. The van der Waals surface area contributed by atoms with E-state index in [2.05, 4.69) is 4.98 Å². The van der Waals surface area contributed by atoms with Gasteiger partial charge in [0.05, 0.1) is 25.6 Å². The molecule has 3 nitrogen and oxygen atoms in total. The van der Waals surface area contributed by atoms with Crippen LogP contribution in [0.1, 0.15) is 12.8 Å². The van der Waals surface area contributed by atoms with Crippen molar-refractivity contribution in [3.63, 3.8) is 0 Å². The van der Waals surface area contributed by atoms with Crippen molar-refractivity contribution < 1.29 is 9.47 Å². The fourth-order valence-corrected chi connectivity index (χ4v) is 0.953. The van der Waals surface area contributed by atoms with E-state index in [1.807, 2.05) is 6.07 Å². The van der Waals surface area contributed by atoms with Gasteiger partial charge in [0, 0.05) is 6.07 Å². The van der Waals surface area contributed by atoms with Crippen LogP contribution < -0.4 is 9.47 Å². The van der Waals surface area contributed by atoms with Crippen molar-refractivity contribution in [1.82, 2.24) is 4.98 Å². The first kappa shape index (κ1) is 7.40. The zero-order chi connectivity index (χ0) is 8.39. The topological polar surface area (TPSA) is 31.4 Å². The molecule has 1 aliphatic rings. The molecule has 0 spiro atoms. The number of pyridine rings is 1. The quantitative estimate of drug-likeness (QED) is 0.682. The third-order valence-corrected chi connectivity index (χ3v) is 1.75. The number of hydrogen-bond acceptors (Lipinski definition) is 3. The summed E-state index contributed by atoms with van der Waals surface area (Å²) in [6, 6.07) is 1.85. The Morgan fingerprint density at radius 1 is 1.33 bits per heavy atom. The van der Waals surface area contributed by atoms with Crippen molar-refractivity contribution >= 4 is 0 Å². The summed E-state index contributed by atoms with van der Waals surface area (Å²) < 4.78 is 10.5. The summed E-state index contributed by atoms with van der Waals surface area (Å²) in [6.07, 6.45) is 6.12. The predicted octanol–water partition coefficient (Wildman–Crippen LogP) is 1.63. The van der Waals surface area contributed by atoms with Crippen molar-refractivity contribution in [2.24, 2.45) is 0 Å². The van der Waals surface area contributed by atoms with Gasteiger partial charge in [-0.15, -0.1) is 0 Å². The van der Waals surface area contributed by atoms with Gasteiger partial charge in [-0.25, -0.2) is 0 Å². The van der Waals surface area contributed by atoms with Gasteiger partial charge in [-0.3, -0.25) is 4.98 Å². The Balaban J connectivity index is 2.08. The van der Waals surface area contributed by atoms with E-state index < -0.39 is 0 Å². The summed E-state index contributed by atoms with van der Waals surface area (Å²) in [4.78, 5) is 3.99. The molecule has 1 heterocycles. The molecule has 0 N–H and O–H groups in total. The Bertz CT molecular complexity index is 271. The van der Waals surface area contributed by atoms with Gasteiger partial charge < -0.3 is 9.47 Å². The maximum atomic E-state index is 5.53. The van der Waals surface area contributed by atoms with Crippen LogP contribution in [0.3, 0.4) is 0 Å². The first-order chi connectivity index (χ1) is 5.88. The van der Waals surface area contributed by atoms with E-state index in [1.54, 1.807) is 19.5 Å². The van der Waals surface area contributed by atoms with E-state index in [4.69, 9.17) is 9.47 Å². The smallest absolute Gasteiger partial charge is 0.141 e. The molecule has 0 aromatic carbocycles. The molecule has 2 rings (SSSR count). The molecular formula is C9H11NO2. The molecule has 1 aromatic heterocycles. The maximum absolute atomic E-state index is 5.53. The standard InChI is InChI=1S/C9H11NO2/c1-11-8-4-9(6-10-5-8)12-7-2-3-7/h4-7H,2-3H2,1H3. The monoisotopic (exact) mass is 165 g/mol. The molecule has 0 bridgehead atoms. The van der Waals surface area contributed by atoms with Crippen molar-refractivity contribution in [1.29, 1.82) is 0 Å². The van der Waals surface area contributed by atoms with Crippen LogP contribution in [-0.4, -0.2) is 18.2 Å². The van der Waals surface area contributed by atoms with E-state index in [9.17, 15) is 0 Å². The van der Waals surface area contributed by atoms with Crippen molar-refractivity contribution in [3.05, 3.63) is 18.5 Å². The number of ether oxygens (including phenoxy) is 2. The van der Waals surface area contributed by atoms with Crippen molar-refractivity contribution in [2.75, 3.05) is 7.11 Å². The fraction of sp³-hybridized carbons (Fsp3) is 0.444. The minimum absolute atomic E-state index is 0.416. The van der Waals surface area contributed by atoms with E-state index in [1.165, 1.54) is 0 Å². The third kappa shape index (κ3) is 1.67. The second kappa shape index (κ2) is 3.01. The highest BCUT2D eigenvalue weighted by Gasteiger charge is 2.23. The lowest BCUT2D eigenvalue weighted by atomic mass is 10.4. The average Bonchev–Trinajstić information content (AvgIpc) is 2.89. The second-order valence-electron chi connectivity index (χ2n) is 2.88. The molecule has 1 aromatic rings. The van der Waals surface area contributed by atoms with Gasteiger partial charge in [-0.05, 0) is 12.8 Å². The van der Waals surface area contributed by atoms with Crippen LogP contribution in [0.2, 0.25) is 0 Å². The number of rotatable bonds is 3. The Kier molecular flexibility index (Phi) is 1.86. The molecule has 1 fully saturated rings. The fourth-order valence-electron chi connectivity index (χ4n) is 0.953. The van der Waals surface area contributed by atoms with Crippen LogP contribution in [0.5, 0.6) is 11.5 Å². The summed E-state index contributed by atoms with van der Waals surface area (Å²) in [7, 11) is 1.62. The van der Waals surface area contributed by atoms with Gasteiger partial charge in [0.25, 0.3) is 0 Å². The summed E-state index contributed by atoms with van der Waals surface area (Å²) in [5.41, 5.74) is 0. The molecule has 0 atom stereocenters. The number of nitrogens with zero attached hydrogens (tertiary/aromatic N) is 1. The van der Waals surface area contributed by atoms with Crippen LogP contribution in [-0.2, 0) is 0 Å². The van der Waals surface area contributed by atoms with Gasteiger partial charge in [0.1, 0.15) is 11.5 Å². The lowest BCUT2D eigenvalue weighted by Crippen LogP contribution is -1.96. The van der Waals surface area contributed by atoms with E-state index >= 15 is 0 Å². The number of aromatic nitrogens is 1. The van der Waals surface area contributed by atoms with E-state index in [0.29, 0.717) is 6.10 Å². The molecular weight excluding hydrogens is 154 g/mol. The SMILES string of the molecule is COc1cncc(OC2CC2)c1. The van der Waals surface area contributed by atoms with Crippen molar-refractivity contribution in [3.8, 4) is 11.5 Å². The number of methoxy groups -OCH3 is 1. The highest BCUT2D eigenvalue weighted by atomic mass is 16.5. The second-order valence-corrected chi connectivity index (χ2v) is 2.88. The van der Waals surface area contributed by atoms with Crippen LogP contribution in [0, 0.1) is 0 Å². The summed E-state index contributed by atoms with van der Waals surface area (Å²) >= 11 is 0. The van der Waals surface area contributed by atoms with Crippen LogP contribution in [0.25, 0.3) is 0 Å². The minimum Gasteiger partial charge on any atom is -0.495 e. The molecule has 64 valence electrons. The maximum Gasteiger partial charge on any atom is 0.141 e. The zero-order valence-electron chi connectivity index (χ0n) is 6.99. The highest BCUT2D eigenvalue weighted by Crippen LogP contribution is 2.27. The molecule has 12 heavy (non-hydrogen) atoms. The molecule has 0 unspecified atom stereocenters. The predicted molar refractivity (Wildman–Crippen MR) is 44.4 cm³/mol. The van der Waals surface area contributed by atoms with E-state index in [-0.39, 0.29) is 0 Å². The van der Waals surface area contributed by atoms with Gasteiger partial charge >= 0.3 is 0 Å². The minimum atomic E-state index is 0.416. The Labute approximate surface area is 71.3 Å². The summed E-state index contributed by atoms with van der Waals surface area (Å²) in [5.74, 6) is 1.55. The molecule has 1 saturated carbocycles. The molecule has 0 saturated heterocycles. The summed E-state index contributed by atoms with van der Waals surface area (Å²) in [6.45, 7) is 0. The lowest BCUT2D eigenvalue weighted by Gasteiger charge is -2.04. The largest absolute Gasteiger partial charge is 0.495 e. The Hall–Kier alpha value is -1.25. The molecule has 0 amide bonds. The number of hydrogen-bond donors (Lipinski definition) is 0. The zero-order valence-corrected chi connectivity index (χ0v) is 6.99. The highest BCUT2D eigenvalue weighted by molar-refractivity contribution is 5.28. The van der Waals surface area contributed by atoms with Gasteiger partial charge in [0.15, 0.2) is 0 Å². The molecule has 1 aliphatic carbocycles. The molecule has 3 heteroatoms. The van der Waals surface area contributed by atoms with Crippen LogP contribution >= 0.6 is 0 Å². The summed E-state index contributed by atoms with van der Waals surface area (Å²) in [5, 5.41) is 0. The van der Waals surface area contributed by atoms with Crippen molar-refractivity contribution in [2.45, 2.75) is 18.9 Å². The Morgan fingerprint density at radius 3 is 2.75 bits per heavy atom. The first-order valence-corrected chi connectivity index (χ1v) is 4.04. The van der Waals surface area contributed by atoms with Crippen LogP contribution in [0.4, 0.5) is 0 Å². The Morgan fingerprint density at radius 2 is 2.08 bits per heavy atom. The lowest BCUT2D eigenvalue weighted by molar-refractivity contribution is 0.299.